The molecule has 1 fully saturated rings. The molecule has 1 aromatic rings. The van der Waals surface area contributed by atoms with Gasteiger partial charge in [0.15, 0.2) is 0 Å². The Morgan fingerprint density at radius 2 is 2.14 bits per heavy atom. The Kier molecular flexibility index (Phi) is 6.01. The molecule has 5 heteroatoms. The molecule has 0 radical (unpaired) electrons. The van der Waals surface area contributed by atoms with Gasteiger partial charge in [-0.2, -0.15) is 0 Å². The van der Waals surface area contributed by atoms with Crippen LogP contribution in [0.1, 0.15) is 30.0 Å². The molecule has 0 aromatic carbocycles. The van der Waals surface area contributed by atoms with Crippen LogP contribution in [0.4, 0.5) is 0 Å². The highest BCUT2D eigenvalue weighted by atomic mass is 32.1. The van der Waals surface area contributed by atoms with Gasteiger partial charge in [-0.3, -0.25) is 4.90 Å². The summed E-state index contributed by atoms with van der Waals surface area (Å²) in [5.74, 6) is 5.89. The Bertz CT molecular complexity index is 539. The summed E-state index contributed by atoms with van der Waals surface area (Å²) in [6, 6.07) is 4.59. The lowest BCUT2D eigenvalue weighted by atomic mass is 10.1. The summed E-state index contributed by atoms with van der Waals surface area (Å²) in [4.78, 5) is 7.08. The highest BCUT2D eigenvalue weighted by molar-refractivity contribution is 7.12. The molecular weight excluding hydrogens is 296 g/mol. The van der Waals surface area contributed by atoms with Crippen LogP contribution in [0.3, 0.4) is 0 Å². The minimum absolute atomic E-state index is 0.249. The third kappa shape index (κ3) is 5.38. The third-order valence-electron chi connectivity index (χ3n) is 3.86. The minimum Gasteiger partial charge on any atom is -0.396 e. The maximum Gasteiger partial charge on any atom is 0.120 e. The van der Waals surface area contributed by atoms with E-state index in [9.17, 15) is 5.11 Å². The highest BCUT2D eigenvalue weighted by Crippen LogP contribution is 2.20. The molecular formula is C17H26N2O2S. The number of hydrogen-bond donors (Lipinski definition) is 2. The van der Waals surface area contributed by atoms with E-state index in [0.29, 0.717) is 6.04 Å². The second-order valence-corrected chi connectivity index (χ2v) is 7.63. The van der Waals surface area contributed by atoms with Gasteiger partial charge < -0.3 is 15.1 Å². The number of nitrogens with zero attached hydrogens (tertiary/aromatic N) is 2. The van der Waals surface area contributed by atoms with Gasteiger partial charge in [0.25, 0.3) is 0 Å². The van der Waals surface area contributed by atoms with E-state index in [1.165, 1.54) is 4.88 Å². The summed E-state index contributed by atoms with van der Waals surface area (Å²) < 4.78 is 0. The average Bonchev–Trinajstić information content (AvgIpc) is 2.87. The van der Waals surface area contributed by atoms with Crippen molar-refractivity contribution in [3.8, 4) is 11.8 Å². The molecule has 0 amide bonds. The van der Waals surface area contributed by atoms with Crippen molar-refractivity contribution in [2.24, 2.45) is 0 Å². The van der Waals surface area contributed by atoms with Crippen molar-refractivity contribution in [3.05, 3.63) is 21.9 Å². The van der Waals surface area contributed by atoms with Crippen molar-refractivity contribution < 1.29 is 10.2 Å². The van der Waals surface area contributed by atoms with E-state index in [1.54, 1.807) is 25.2 Å². The van der Waals surface area contributed by atoms with Gasteiger partial charge in [-0.1, -0.05) is 11.8 Å². The van der Waals surface area contributed by atoms with Gasteiger partial charge in [0, 0.05) is 43.7 Å². The molecule has 2 N–H and O–H groups in total. The number of piperazine rings is 1. The predicted octanol–water partition coefficient (Wildman–Crippen LogP) is 1.37. The lowest BCUT2D eigenvalue weighted by Gasteiger charge is -2.39. The van der Waals surface area contributed by atoms with E-state index in [2.05, 4.69) is 34.8 Å². The van der Waals surface area contributed by atoms with Crippen molar-refractivity contribution in [2.75, 3.05) is 33.3 Å². The van der Waals surface area contributed by atoms with E-state index >= 15 is 0 Å². The Hall–Kier alpha value is -0.900. The first-order chi connectivity index (χ1) is 10.4. The fraction of sp³-hybridized carbons (Fsp3) is 0.647. The van der Waals surface area contributed by atoms with Crippen molar-refractivity contribution in [3.63, 3.8) is 0 Å². The zero-order valence-corrected chi connectivity index (χ0v) is 14.5. The van der Waals surface area contributed by atoms with Crippen LogP contribution in [-0.2, 0) is 6.54 Å². The molecule has 0 spiro atoms. The second-order valence-electron chi connectivity index (χ2n) is 6.46. The predicted molar refractivity (Wildman–Crippen MR) is 90.9 cm³/mol. The molecule has 2 heterocycles. The van der Waals surface area contributed by atoms with Gasteiger partial charge >= 0.3 is 0 Å². The lowest BCUT2D eigenvalue weighted by Crippen LogP contribution is -2.51. The summed E-state index contributed by atoms with van der Waals surface area (Å²) in [6.45, 7) is 7.67. The molecule has 0 aliphatic carbocycles. The van der Waals surface area contributed by atoms with Crippen LogP contribution >= 0.6 is 11.3 Å². The molecule has 1 aromatic heterocycles. The number of aliphatic hydroxyl groups excluding tert-OH is 1. The van der Waals surface area contributed by atoms with Crippen LogP contribution in [0.25, 0.3) is 0 Å². The molecule has 22 heavy (non-hydrogen) atoms. The van der Waals surface area contributed by atoms with Gasteiger partial charge in [-0.25, -0.2) is 0 Å². The standard InChI is InChI=1S/C17H26N2O2S/c1-17(2,21)8-6-15-4-5-16(22-15)13-19-10-9-18(3)14(12-19)7-11-20/h4-5,14,20-21H,7,9-13H2,1-3H3. The van der Waals surface area contributed by atoms with Gasteiger partial charge in [-0.15, -0.1) is 11.3 Å². The van der Waals surface area contributed by atoms with E-state index in [-0.39, 0.29) is 6.61 Å². The number of aliphatic hydroxyl groups is 2. The van der Waals surface area contributed by atoms with Crippen molar-refractivity contribution in [1.29, 1.82) is 0 Å². The van der Waals surface area contributed by atoms with Crippen LogP contribution in [0.5, 0.6) is 0 Å². The molecule has 122 valence electrons. The molecule has 4 nitrogen and oxygen atoms in total. The Labute approximate surface area is 137 Å². The first kappa shape index (κ1) is 17.5. The Morgan fingerprint density at radius 3 is 2.82 bits per heavy atom. The largest absolute Gasteiger partial charge is 0.396 e. The first-order valence-electron chi connectivity index (χ1n) is 7.75. The maximum absolute atomic E-state index is 9.65. The summed E-state index contributed by atoms with van der Waals surface area (Å²) in [5.41, 5.74) is -0.945. The third-order valence-corrected chi connectivity index (χ3v) is 4.84. The van der Waals surface area contributed by atoms with Crippen molar-refractivity contribution in [2.45, 2.75) is 38.5 Å². The molecule has 1 unspecified atom stereocenters. The number of hydrogen-bond acceptors (Lipinski definition) is 5. The maximum atomic E-state index is 9.65. The molecule has 1 atom stereocenters. The Morgan fingerprint density at radius 1 is 1.36 bits per heavy atom. The lowest BCUT2D eigenvalue weighted by molar-refractivity contribution is 0.0749. The summed E-state index contributed by atoms with van der Waals surface area (Å²) in [7, 11) is 2.13. The number of thiophene rings is 1. The van der Waals surface area contributed by atoms with Gasteiger partial charge in [-0.05, 0) is 39.4 Å². The normalized spacial score (nSPS) is 20.7. The molecule has 1 aliphatic heterocycles. The van der Waals surface area contributed by atoms with E-state index in [4.69, 9.17) is 5.11 Å². The monoisotopic (exact) mass is 322 g/mol. The zero-order valence-electron chi connectivity index (χ0n) is 13.7. The molecule has 0 saturated carbocycles. The van der Waals surface area contributed by atoms with Crippen LogP contribution < -0.4 is 0 Å². The fourth-order valence-electron chi connectivity index (χ4n) is 2.58. The van der Waals surface area contributed by atoms with Crippen LogP contribution in [0.15, 0.2) is 12.1 Å². The fourth-order valence-corrected chi connectivity index (χ4v) is 3.48. The molecule has 1 aliphatic rings. The van der Waals surface area contributed by atoms with E-state index in [0.717, 1.165) is 37.5 Å². The van der Waals surface area contributed by atoms with Crippen LogP contribution in [-0.4, -0.2) is 64.9 Å². The first-order valence-corrected chi connectivity index (χ1v) is 8.57. The highest BCUT2D eigenvalue weighted by Gasteiger charge is 2.23. The molecule has 2 rings (SSSR count). The summed E-state index contributed by atoms with van der Waals surface area (Å²) in [6.07, 6.45) is 0.833. The second kappa shape index (κ2) is 7.58. The van der Waals surface area contributed by atoms with Crippen molar-refractivity contribution >= 4 is 11.3 Å². The quantitative estimate of drug-likeness (QED) is 0.822. The van der Waals surface area contributed by atoms with E-state index in [1.807, 2.05) is 6.07 Å². The summed E-state index contributed by atoms with van der Waals surface area (Å²) in [5, 5.41) is 18.8. The van der Waals surface area contributed by atoms with Gasteiger partial charge in [0.2, 0.25) is 0 Å². The average molecular weight is 322 g/mol. The van der Waals surface area contributed by atoms with Gasteiger partial charge in [0.1, 0.15) is 5.60 Å². The number of likely N-dealkylation sites (N-methyl/N-ethyl adjacent to an activating group) is 1. The van der Waals surface area contributed by atoms with E-state index < -0.39 is 5.60 Å². The number of rotatable bonds is 4. The van der Waals surface area contributed by atoms with Gasteiger partial charge in [0.05, 0.1) is 4.88 Å². The smallest absolute Gasteiger partial charge is 0.120 e. The summed E-state index contributed by atoms with van der Waals surface area (Å²) >= 11 is 1.69. The minimum atomic E-state index is -0.945. The molecule has 0 bridgehead atoms. The SMILES string of the molecule is CN1CCN(Cc2ccc(C#CC(C)(C)O)s2)CC1CCO. The van der Waals surface area contributed by atoms with Crippen LogP contribution in [0, 0.1) is 11.8 Å². The van der Waals surface area contributed by atoms with Crippen molar-refractivity contribution in [1.82, 2.24) is 9.80 Å². The molecule has 1 saturated heterocycles. The zero-order chi connectivity index (χ0) is 16.2. The van der Waals surface area contributed by atoms with Crippen LogP contribution in [0.2, 0.25) is 0 Å². The Balaban J connectivity index is 1.94. The topological polar surface area (TPSA) is 46.9 Å².